The average Bonchev–Trinajstić information content (AvgIpc) is 2.60. The zero-order valence-electron chi connectivity index (χ0n) is 14.1. The molecule has 7 nitrogen and oxygen atoms in total. The summed E-state index contributed by atoms with van der Waals surface area (Å²) in [5.41, 5.74) is 11.9. The minimum Gasteiger partial charge on any atom is -0.352 e. The van der Waals surface area contributed by atoms with E-state index in [4.69, 9.17) is 17.3 Å². The topological polar surface area (TPSA) is 113 Å². The highest BCUT2D eigenvalue weighted by Crippen LogP contribution is 2.19. The van der Waals surface area contributed by atoms with E-state index in [-0.39, 0.29) is 6.42 Å². The van der Waals surface area contributed by atoms with E-state index in [2.05, 4.69) is 16.2 Å². The molecule has 136 valence electrons. The third-order valence-electron chi connectivity index (χ3n) is 3.61. The summed E-state index contributed by atoms with van der Waals surface area (Å²) in [6, 6.07) is 12.1. The standard InChI is InChI=1S/C18H19ClN4O3/c1-11-2-4-13(5-3-11)17(25)23-22-16(24)10-15(21-18(20)26)12-6-8-14(19)9-7-12/h2-9,15H,10H2,1H3,(H,22,24)(H,23,25)(H3,20,21,26)/t15-/m0/s1. The molecule has 0 radical (unpaired) electrons. The van der Waals surface area contributed by atoms with Crippen molar-refractivity contribution in [2.75, 3.05) is 0 Å². The molecule has 0 saturated carbocycles. The molecule has 0 spiro atoms. The van der Waals surface area contributed by atoms with Gasteiger partial charge in [0.15, 0.2) is 0 Å². The molecule has 0 fully saturated rings. The number of hydrazine groups is 1. The van der Waals surface area contributed by atoms with Crippen LogP contribution in [0.4, 0.5) is 4.79 Å². The number of amides is 4. The number of primary amides is 1. The number of rotatable bonds is 5. The largest absolute Gasteiger partial charge is 0.352 e. The molecule has 0 bridgehead atoms. The van der Waals surface area contributed by atoms with Gasteiger partial charge in [-0.25, -0.2) is 4.79 Å². The lowest BCUT2D eigenvalue weighted by molar-refractivity contribution is -0.122. The summed E-state index contributed by atoms with van der Waals surface area (Å²) in [6.45, 7) is 1.91. The van der Waals surface area contributed by atoms with Crippen LogP contribution >= 0.6 is 11.6 Å². The lowest BCUT2D eigenvalue weighted by atomic mass is 10.0. The summed E-state index contributed by atoms with van der Waals surface area (Å²) in [5.74, 6) is -0.927. The summed E-state index contributed by atoms with van der Waals surface area (Å²) in [4.78, 5) is 35.3. The second kappa shape index (κ2) is 8.87. The van der Waals surface area contributed by atoms with Gasteiger partial charge in [-0.2, -0.15) is 0 Å². The van der Waals surface area contributed by atoms with Gasteiger partial charge in [-0.3, -0.25) is 20.4 Å². The molecule has 2 aromatic carbocycles. The Hall–Kier alpha value is -3.06. The van der Waals surface area contributed by atoms with Crippen LogP contribution in [0.25, 0.3) is 0 Å². The molecule has 5 N–H and O–H groups in total. The van der Waals surface area contributed by atoms with E-state index in [0.717, 1.165) is 5.56 Å². The second-order valence-electron chi connectivity index (χ2n) is 5.69. The van der Waals surface area contributed by atoms with Crippen LogP contribution in [-0.2, 0) is 4.79 Å². The number of aryl methyl sites for hydroxylation is 1. The van der Waals surface area contributed by atoms with Gasteiger partial charge in [0.05, 0.1) is 12.5 Å². The van der Waals surface area contributed by atoms with Gasteiger partial charge in [-0.05, 0) is 36.8 Å². The van der Waals surface area contributed by atoms with Crippen LogP contribution < -0.4 is 21.9 Å². The monoisotopic (exact) mass is 374 g/mol. The Balaban J connectivity index is 1.96. The Morgan fingerprint density at radius 1 is 1.00 bits per heavy atom. The van der Waals surface area contributed by atoms with E-state index in [0.29, 0.717) is 16.1 Å². The highest BCUT2D eigenvalue weighted by molar-refractivity contribution is 6.30. The van der Waals surface area contributed by atoms with Crippen molar-refractivity contribution in [1.29, 1.82) is 0 Å². The number of nitrogens with two attached hydrogens (primary N) is 1. The van der Waals surface area contributed by atoms with Crippen molar-refractivity contribution in [3.63, 3.8) is 0 Å². The number of halogens is 1. The number of urea groups is 1. The van der Waals surface area contributed by atoms with Gasteiger partial charge >= 0.3 is 6.03 Å². The number of carbonyl (C=O) groups excluding carboxylic acids is 3. The second-order valence-corrected chi connectivity index (χ2v) is 6.12. The summed E-state index contributed by atoms with van der Waals surface area (Å²) >= 11 is 5.84. The van der Waals surface area contributed by atoms with Gasteiger partial charge in [0.25, 0.3) is 5.91 Å². The number of benzene rings is 2. The zero-order chi connectivity index (χ0) is 19.1. The minimum absolute atomic E-state index is 0.112. The van der Waals surface area contributed by atoms with Gasteiger partial charge in [0, 0.05) is 10.6 Å². The lowest BCUT2D eigenvalue weighted by Gasteiger charge is -2.18. The maximum atomic E-state index is 12.1. The maximum Gasteiger partial charge on any atom is 0.312 e. The number of hydrogen-bond acceptors (Lipinski definition) is 3. The van der Waals surface area contributed by atoms with Crippen molar-refractivity contribution in [1.82, 2.24) is 16.2 Å². The normalized spacial score (nSPS) is 11.3. The van der Waals surface area contributed by atoms with Crippen LogP contribution in [0, 0.1) is 6.92 Å². The van der Waals surface area contributed by atoms with Gasteiger partial charge in [-0.15, -0.1) is 0 Å². The van der Waals surface area contributed by atoms with Crippen LogP contribution in [0.3, 0.4) is 0 Å². The fourth-order valence-electron chi connectivity index (χ4n) is 2.26. The van der Waals surface area contributed by atoms with Crippen molar-refractivity contribution in [3.8, 4) is 0 Å². The average molecular weight is 375 g/mol. The fraction of sp³-hybridized carbons (Fsp3) is 0.167. The van der Waals surface area contributed by atoms with Gasteiger partial charge < -0.3 is 11.1 Å². The Labute approximate surface area is 155 Å². The van der Waals surface area contributed by atoms with Crippen LogP contribution in [0.1, 0.15) is 33.9 Å². The molecule has 8 heteroatoms. The van der Waals surface area contributed by atoms with Crippen molar-refractivity contribution < 1.29 is 14.4 Å². The predicted octanol–water partition coefficient (Wildman–Crippen LogP) is 2.21. The van der Waals surface area contributed by atoms with Gasteiger partial charge in [0.2, 0.25) is 5.91 Å². The third-order valence-corrected chi connectivity index (χ3v) is 3.86. The summed E-state index contributed by atoms with van der Waals surface area (Å²) in [6.07, 6.45) is -0.112. The van der Waals surface area contributed by atoms with Crippen molar-refractivity contribution in [2.24, 2.45) is 5.73 Å². The summed E-state index contributed by atoms with van der Waals surface area (Å²) in [5, 5.41) is 3.02. The molecule has 4 amide bonds. The molecule has 0 aliphatic rings. The van der Waals surface area contributed by atoms with E-state index in [1.807, 2.05) is 6.92 Å². The third kappa shape index (κ3) is 5.78. The highest BCUT2D eigenvalue weighted by Gasteiger charge is 2.18. The molecule has 2 rings (SSSR count). The number of carbonyl (C=O) groups is 3. The lowest BCUT2D eigenvalue weighted by Crippen LogP contribution is -2.44. The van der Waals surface area contributed by atoms with Crippen molar-refractivity contribution >= 4 is 29.4 Å². The molecule has 0 aliphatic heterocycles. The molecular weight excluding hydrogens is 356 g/mol. The minimum atomic E-state index is -0.763. The first-order chi connectivity index (χ1) is 12.3. The van der Waals surface area contributed by atoms with Gasteiger partial charge in [-0.1, -0.05) is 41.4 Å². The summed E-state index contributed by atoms with van der Waals surface area (Å²) in [7, 11) is 0. The van der Waals surface area contributed by atoms with Crippen LogP contribution in [0.5, 0.6) is 0 Å². The first kappa shape index (κ1) is 19.3. The quantitative estimate of drug-likeness (QED) is 0.601. The molecule has 0 unspecified atom stereocenters. The van der Waals surface area contributed by atoms with Crippen LogP contribution in [0.15, 0.2) is 48.5 Å². The molecular formula is C18H19ClN4O3. The molecule has 0 aliphatic carbocycles. The maximum absolute atomic E-state index is 12.1. The first-order valence-electron chi connectivity index (χ1n) is 7.82. The fourth-order valence-corrected chi connectivity index (χ4v) is 2.39. The van der Waals surface area contributed by atoms with Crippen molar-refractivity contribution in [2.45, 2.75) is 19.4 Å². The Kier molecular flexibility index (Phi) is 6.57. The molecule has 2 aromatic rings. The number of nitrogens with one attached hydrogen (secondary N) is 3. The first-order valence-corrected chi connectivity index (χ1v) is 8.20. The summed E-state index contributed by atoms with van der Waals surface area (Å²) < 4.78 is 0. The molecule has 0 heterocycles. The van der Waals surface area contributed by atoms with Crippen molar-refractivity contribution in [3.05, 3.63) is 70.2 Å². The Bertz CT molecular complexity index is 791. The number of hydrogen-bond donors (Lipinski definition) is 4. The van der Waals surface area contributed by atoms with E-state index >= 15 is 0 Å². The Morgan fingerprint density at radius 2 is 1.62 bits per heavy atom. The Morgan fingerprint density at radius 3 is 2.19 bits per heavy atom. The smallest absolute Gasteiger partial charge is 0.312 e. The van der Waals surface area contributed by atoms with E-state index in [9.17, 15) is 14.4 Å². The van der Waals surface area contributed by atoms with Crippen LogP contribution in [-0.4, -0.2) is 17.8 Å². The molecule has 26 heavy (non-hydrogen) atoms. The zero-order valence-corrected chi connectivity index (χ0v) is 14.8. The predicted molar refractivity (Wildman–Crippen MR) is 98.3 cm³/mol. The van der Waals surface area contributed by atoms with Crippen LogP contribution in [0.2, 0.25) is 5.02 Å². The molecule has 0 aromatic heterocycles. The van der Waals surface area contributed by atoms with E-state index in [1.54, 1.807) is 48.5 Å². The van der Waals surface area contributed by atoms with E-state index < -0.39 is 23.9 Å². The SMILES string of the molecule is Cc1ccc(C(=O)NNC(=O)C[C@H](NC(N)=O)c2ccc(Cl)cc2)cc1. The molecule has 0 saturated heterocycles. The van der Waals surface area contributed by atoms with Gasteiger partial charge in [0.1, 0.15) is 0 Å². The van der Waals surface area contributed by atoms with E-state index in [1.165, 1.54) is 0 Å². The highest BCUT2D eigenvalue weighted by atomic mass is 35.5. The molecule has 1 atom stereocenters.